The Hall–Kier alpha value is -3.20. The third kappa shape index (κ3) is 5.14. The maximum absolute atomic E-state index is 13.2. The molecule has 4 rings (SSSR count). The van der Waals surface area contributed by atoms with Crippen LogP contribution in [-0.4, -0.2) is 24.0 Å². The zero-order chi connectivity index (χ0) is 24.2. The van der Waals surface area contributed by atoms with E-state index >= 15 is 0 Å². The van der Waals surface area contributed by atoms with Crippen molar-refractivity contribution < 1.29 is 19.1 Å². The van der Waals surface area contributed by atoms with Crippen LogP contribution in [0, 0.1) is 0 Å². The van der Waals surface area contributed by atoms with Crippen LogP contribution in [0.4, 0.5) is 5.69 Å². The number of hydrogen-bond donors (Lipinski definition) is 1. The molecule has 0 radical (unpaired) electrons. The molecule has 34 heavy (non-hydrogen) atoms. The van der Waals surface area contributed by atoms with Crippen LogP contribution in [-0.2, 0) is 16.2 Å². The summed E-state index contributed by atoms with van der Waals surface area (Å²) in [5, 5.41) is 3.23. The van der Waals surface area contributed by atoms with Gasteiger partial charge < -0.3 is 9.47 Å². The minimum absolute atomic E-state index is 0.0295. The number of carbonyl (C=O) groups excluding carboxylic acids is 2. The van der Waals surface area contributed by atoms with Crippen LogP contribution in [0.15, 0.2) is 76.8 Å². The Morgan fingerprint density at radius 3 is 2.56 bits per heavy atom. The first-order chi connectivity index (χ1) is 16.4. The maximum atomic E-state index is 13.2. The number of ether oxygens (including phenoxy) is 2. The van der Waals surface area contributed by atoms with Gasteiger partial charge in [0.1, 0.15) is 12.2 Å². The molecule has 2 amide bonds. The summed E-state index contributed by atoms with van der Waals surface area (Å²) in [4.78, 5) is 27.1. The molecule has 1 heterocycles. The molecule has 6 nitrogen and oxygen atoms in total. The van der Waals surface area contributed by atoms with Gasteiger partial charge in [-0.15, -0.1) is 0 Å². The molecule has 0 atom stereocenters. The molecule has 1 saturated heterocycles. The molecule has 1 N–H and O–H groups in total. The number of methoxy groups -OCH3 is 1. The summed E-state index contributed by atoms with van der Waals surface area (Å²) in [5.74, 6) is -0.173. The lowest BCUT2D eigenvalue weighted by Crippen LogP contribution is -2.54. The van der Waals surface area contributed by atoms with Gasteiger partial charge in [0.05, 0.1) is 17.3 Å². The SMILES string of the molecule is COc1cc(/C=C2/C(=O)NC(=S)N(c3ccccc3)C2=O)cc(Br)c1OCc1cccc(Cl)c1. The van der Waals surface area contributed by atoms with Crippen LogP contribution in [0.3, 0.4) is 0 Å². The monoisotopic (exact) mass is 556 g/mol. The van der Waals surface area contributed by atoms with Gasteiger partial charge in [-0.3, -0.25) is 19.8 Å². The Morgan fingerprint density at radius 1 is 1.09 bits per heavy atom. The molecule has 9 heteroatoms. The van der Waals surface area contributed by atoms with Gasteiger partial charge in [-0.25, -0.2) is 0 Å². The molecule has 0 spiro atoms. The van der Waals surface area contributed by atoms with Crippen molar-refractivity contribution in [3.8, 4) is 11.5 Å². The molecule has 0 saturated carbocycles. The van der Waals surface area contributed by atoms with Gasteiger partial charge >= 0.3 is 0 Å². The lowest BCUT2D eigenvalue weighted by atomic mass is 10.1. The second-order valence-corrected chi connectivity index (χ2v) is 8.92. The quantitative estimate of drug-likeness (QED) is 0.246. The number of anilines is 1. The first-order valence-corrected chi connectivity index (χ1v) is 11.7. The molecule has 172 valence electrons. The highest BCUT2D eigenvalue weighted by Crippen LogP contribution is 2.38. The fourth-order valence-corrected chi connectivity index (χ4v) is 4.45. The van der Waals surface area contributed by atoms with Crippen LogP contribution < -0.4 is 19.7 Å². The van der Waals surface area contributed by atoms with E-state index in [1.807, 2.05) is 24.3 Å². The fourth-order valence-electron chi connectivity index (χ4n) is 3.38. The second-order valence-electron chi connectivity index (χ2n) is 7.25. The predicted octanol–water partition coefficient (Wildman–Crippen LogP) is 5.52. The number of nitrogens with one attached hydrogen (secondary N) is 1. The highest BCUT2D eigenvalue weighted by molar-refractivity contribution is 9.10. The van der Waals surface area contributed by atoms with E-state index in [9.17, 15) is 9.59 Å². The number of amides is 2. The predicted molar refractivity (Wildman–Crippen MR) is 139 cm³/mol. The molecule has 0 bridgehead atoms. The summed E-state index contributed by atoms with van der Waals surface area (Å²) < 4.78 is 12.1. The molecule has 3 aromatic carbocycles. The second kappa shape index (κ2) is 10.4. The Kier molecular flexibility index (Phi) is 7.31. The average molecular weight is 558 g/mol. The highest BCUT2D eigenvalue weighted by atomic mass is 79.9. The lowest BCUT2D eigenvalue weighted by molar-refractivity contribution is -0.122. The summed E-state index contributed by atoms with van der Waals surface area (Å²) in [6.07, 6.45) is 1.49. The standard InChI is InChI=1S/C25H18BrClN2O4S/c1-32-21-13-16(12-20(26)22(21)33-14-15-6-5-7-17(27)10-15)11-19-23(30)28-25(34)29(24(19)31)18-8-3-2-4-9-18/h2-13H,14H2,1H3,(H,28,30,34)/b19-11-. The highest BCUT2D eigenvalue weighted by Gasteiger charge is 2.34. The summed E-state index contributed by atoms with van der Waals surface area (Å²) in [5.41, 5.74) is 1.97. The molecular weight excluding hydrogens is 540 g/mol. The van der Waals surface area contributed by atoms with Crippen molar-refractivity contribution in [2.24, 2.45) is 0 Å². The molecule has 3 aromatic rings. The van der Waals surface area contributed by atoms with Gasteiger partial charge in [-0.2, -0.15) is 0 Å². The van der Waals surface area contributed by atoms with Crippen LogP contribution in [0.1, 0.15) is 11.1 Å². The third-order valence-corrected chi connectivity index (χ3v) is 6.06. The number of thiocarbonyl (C=S) groups is 1. The van der Waals surface area contributed by atoms with Crippen molar-refractivity contribution in [3.05, 3.63) is 92.9 Å². The van der Waals surface area contributed by atoms with Gasteiger partial charge in [0.25, 0.3) is 11.8 Å². The number of carbonyl (C=O) groups is 2. The van der Waals surface area contributed by atoms with Gasteiger partial charge in [0, 0.05) is 5.02 Å². The number of halogens is 2. The Balaban J connectivity index is 1.64. The van der Waals surface area contributed by atoms with E-state index < -0.39 is 11.8 Å². The molecule has 0 unspecified atom stereocenters. The van der Waals surface area contributed by atoms with Gasteiger partial charge in [-0.05, 0) is 81.7 Å². The van der Waals surface area contributed by atoms with Crippen LogP contribution in [0.2, 0.25) is 5.02 Å². The normalized spacial score (nSPS) is 14.9. The minimum Gasteiger partial charge on any atom is -0.493 e. The maximum Gasteiger partial charge on any atom is 0.270 e. The van der Waals surface area contributed by atoms with Crippen molar-refractivity contribution in [1.82, 2.24) is 5.32 Å². The topological polar surface area (TPSA) is 67.9 Å². The van der Waals surface area contributed by atoms with Crippen LogP contribution in [0.25, 0.3) is 6.08 Å². The number of hydrogen-bond acceptors (Lipinski definition) is 5. The molecule has 1 aliphatic rings. The van der Waals surface area contributed by atoms with Crippen molar-refractivity contribution in [2.45, 2.75) is 6.61 Å². The van der Waals surface area contributed by atoms with Gasteiger partial charge in [0.15, 0.2) is 16.6 Å². The van der Waals surface area contributed by atoms with Crippen molar-refractivity contribution in [1.29, 1.82) is 0 Å². The molecule has 0 aliphatic carbocycles. The molecule has 1 fully saturated rings. The molecule has 0 aromatic heterocycles. The summed E-state index contributed by atoms with van der Waals surface area (Å²) in [6.45, 7) is 0.278. The molecular formula is C25H18BrClN2O4S. The van der Waals surface area contributed by atoms with Crippen LogP contribution in [0.5, 0.6) is 11.5 Å². The fraction of sp³-hybridized carbons (Fsp3) is 0.0800. The minimum atomic E-state index is -0.571. The Bertz CT molecular complexity index is 1310. The summed E-state index contributed by atoms with van der Waals surface area (Å²) >= 11 is 14.8. The van der Waals surface area contributed by atoms with E-state index in [4.69, 9.17) is 33.3 Å². The number of para-hydroxylation sites is 1. The third-order valence-electron chi connectivity index (χ3n) is 4.95. The zero-order valence-electron chi connectivity index (χ0n) is 17.9. The largest absolute Gasteiger partial charge is 0.493 e. The van der Waals surface area contributed by atoms with E-state index in [2.05, 4.69) is 21.2 Å². The van der Waals surface area contributed by atoms with E-state index in [-0.39, 0.29) is 17.3 Å². The number of nitrogens with zero attached hydrogens (tertiary/aromatic N) is 1. The lowest BCUT2D eigenvalue weighted by Gasteiger charge is -2.28. The van der Waals surface area contributed by atoms with Gasteiger partial charge in [0.2, 0.25) is 0 Å². The van der Waals surface area contributed by atoms with E-state index in [0.717, 1.165) is 5.56 Å². The average Bonchev–Trinajstić information content (AvgIpc) is 2.81. The number of rotatable bonds is 6. The first kappa shape index (κ1) is 23.9. The van der Waals surface area contributed by atoms with E-state index in [1.165, 1.54) is 18.1 Å². The number of benzene rings is 3. The van der Waals surface area contributed by atoms with E-state index in [0.29, 0.717) is 32.2 Å². The van der Waals surface area contributed by atoms with Crippen molar-refractivity contribution in [2.75, 3.05) is 12.0 Å². The summed E-state index contributed by atoms with van der Waals surface area (Å²) in [7, 11) is 1.51. The first-order valence-electron chi connectivity index (χ1n) is 10.1. The zero-order valence-corrected chi connectivity index (χ0v) is 21.0. The summed E-state index contributed by atoms with van der Waals surface area (Å²) in [6, 6.07) is 19.7. The Morgan fingerprint density at radius 2 is 1.85 bits per heavy atom. The molecule has 1 aliphatic heterocycles. The van der Waals surface area contributed by atoms with Crippen LogP contribution >= 0.6 is 39.7 Å². The van der Waals surface area contributed by atoms with Crippen molar-refractivity contribution in [3.63, 3.8) is 0 Å². The smallest absolute Gasteiger partial charge is 0.270 e. The van der Waals surface area contributed by atoms with Gasteiger partial charge in [-0.1, -0.05) is 41.9 Å². The van der Waals surface area contributed by atoms with Crippen molar-refractivity contribution >= 4 is 68.4 Å². The van der Waals surface area contributed by atoms with E-state index in [1.54, 1.807) is 42.5 Å². The Labute approximate surface area is 215 Å².